The number of carbonyl (C=O) groups is 1. The molecule has 0 radical (unpaired) electrons. The van der Waals surface area contributed by atoms with Gasteiger partial charge < -0.3 is 0 Å². The molecule has 18 heavy (non-hydrogen) atoms. The van der Waals surface area contributed by atoms with Gasteiger partial charge in [-0.25, -0.2) is 8.78 Å². The van der Waals surface area contributed by atoms with Crippen LogP contribution in [0.1, 0.15) is 21.5 Å². The first-order chi connectivity index (χ1) is 8.66. The van der Waals surface area contributed by atoms with Gasteiger partial charge in [-0.05, 0) is 11.6 Å². The van der Waals surface area contributed by atoms with E-state index in [1.165, 1.54) is 6.07 Å². The van der Waals surface area contributed by atoms with Crippen LogP contribution in [0.5, 0.6) is 0 Å². The summed E-state index contributed by atoms with van der Waals surface area (Å²) in [4.78, 5) is 12.1. The molecule has 0 aliphatic heterocycles. The lowest BCUT2D eigenvalue weighted by Crippen LogP contribution is -2.03. The predicted octanol–water partition coefficient (Wildman–Crippen LogP) is 3.73. The minimum atomic E-state index is -2.40. The van der Waals surface area contributed by atoms with Crippen molar-refractivity contribution < 1.29 is 13.6 Å². The molecule has 0 aromatic heterocycles. The monoisotopic (exact) mass is 246 g/mol. The van der Waals surface area contributed by atoms with Crippen LogP contribution < -0.4 is 0 Å². The van der Waals surface area contributed by atoms with E-state index in [0.29, 0.717) is 16.7 Å². The number of hydrogen-bond donors (Lipinski definition) is 0. The van der Waals surface area contributed by atoms with Gasteiger partial charge in [-0.15, -0.1) is 0 Å². The van der Waals surface area contributed by atoms with E-state index in [0.717, 1.165) is 0 Å². The van der Waals surface area contributed by atoms with Crippen LogP contribution in [0, 0.1) is 0 Å². The van der Waals surface area contributed by atoms with Crippen LogP contribution in [0.4, 0.5) is 8.78 Å². The minimum Gasteiger partial charge on any atom is -0.289 e. The fraction of sp³-hybridized carbons (Fsp3) is 0.133. The maximum absolute atomic E-state index is 12.3. The zero-order valence-corrected chi connectivity index (χ0v) is 9.64. The van der Waals surface area contributed by atoms with E-state index in [1.807, 2.05) is 6.07 Å². The SMILES string of the molecule is O=C(c1ccccc1)c1cccc(CC(F)F)c1. The summed E-state index contributed by atoms with van der Waals surface area (Å²) < 4.78 is 24.6. The van der Waals surface area contributed by atoms with E-state index in [-0.39, 0.29) is 12.2 Å². The van der Waals surface area contributed by atoms with Crippen molar-refractivity contribution in [2.24, 2.45) is 0 Å². The molecule has 92 valence electrons. The maximum atomic E-state index is 12.3. The Hall–Kier alpha value is -2.03. The van der Waals surface area contributed by atoms with Gasteiger partial charge in [0.2, 0.25) is 6.43 Å². The highest BCUT2D eigenvalue weighted by Crippen LogP contribution is 2.14. The molecule has 0 aliphatic rings. The molecule has 0 spiro atoms. The van der Waals surface area contributed by atoms with Crippen LogP contribution in [0.25, 0.3) is 0 Å². The van der Waals surface area contributed by atoms with Crippen molar-refractivity contribution in [1.82, 2.24) is 0 Å². The van der Waals surface area contributed by atoms with Gasteiger partial charge in [0.1, 0.15) is 0 Å². The molecule has 0 unspecified atom stereocenters. The van der Waals surface area contributed by atoms with Crippen molar-refractivity contribution in [3.63, 3.8) is 0 Å². The van der Waals surface area contributed by atoms with Crippen molar-refractivity contribution in [3.05, 3.63) is 71.3 Å². The number of rotatable bonds is 4. The van der Waals surface area contributed by atoms with Gasteiger partial charge in [0, 0.05) is 17.5 Å². The van der Waals surface area contributed by atoms with E-state index < -0.39 is 6.43 Å². The van der Waals surface area contributed by atoms with Crippen molar-refractivity contribution in [3.8, 4) is 0 Å². The number of alkyl halides is 2. The molecular weight excluding hydrogens is 234 g/mol. The number of carbonyl (C=O) groups excluding carboxylic acids is 1. The first-order valence-corrected chi connectivity index (χ1v) is 5.63. The van der Waals surface area contributed by atoms with E-state index in [9.17, 15) is 13.6 Å². The van der Waals surface area contributed by atoms with E-state index in [1.54, 1.807) is 42.5 Å². The summed E-state index contributed by atoms with van der Waals surface area (Å²) in [6.07, 6.45) is -2.72. The summed E-state index contributed by atoms with van der Waals surface area (Å²) in [5.74, 6) is -0.147. The molecule has 0 saturated carbocycles. The molecule has 0 aliphatic carbocycles. The van der Waals surface area contributed by atoms with Crippen molar-refractivity contribution in [2.45, 2.75) is 12.8 Å². The first kappa shape index (κ1) is 12.4. The summed E-state index contributed by atoms with van der Waals surface area (Å²) in [6, 6.07) is 15.2. The Balaban J connectivity index is 2.26. The van der Waals surface area contributed by atoms with E-state index >= 15 is 0 Å². The Morgan fingerprint density at radius 3 is 2.28 bits per heavy atom. The van der Waals surface area contributed by atoms with Crippen molar-refractivity contribution in [1.29, 1.82) is 0 Å². The molecule has 0 atom stereocenters. The molecule has 1 nitrogen and oxygen atoms in total. The number of halogens is 2. The second kappa shape index (κ2) is 5.54. The molecule has 0 saturated heterocycles. The third kappa shape index (κ3) is 3.00. The lowest BCUT2D eigenvalue weighted by Gasteiger charge is -2.04. The third-order valence-electron chi connectivity index (χ3n) is 2.62. The lowest BCUT2D eigenvalue weighted by molar-refractivity contribution is 0.103. The number of benzene rings is 2. The van der Waals surface area contributed by atoms with Gasteiger partial charge in [0.15, 0.2) is 5.78 Å². The number of hydrogen-bond acceptors (Lipinski definition) is 1. The quantitative estimate of drug-likeness (QED) is 0.751. The zero-order chi connectivity index (χ0) is 13.0. The molecule has 3 heteroatoms. The maximum Gasteiger partial charge on any atom is 0.242 e. The van der Waals surface area contributed by atoms with E-state index in [2.05, 4.69) is 0 Å². The molecule has 0 heterocycles. The summed E-state index contributed by atoms with van der Waals surface area (Å²) >= 11 is 0. The average Bonchev–Trinajstić information content (AvgIpc) is 2.38. The van der Waals surface area contributed by atoms with Gasteiger partial charge in [-0.1, -0.05) is 48.5 Å². The first-order valence-electron chi connectivity index (χ1n) is 5.63. The smallest absolute Gasteiger partial charge is 0.242 e. The average molecular weight is 246 g/mol. The van der Waals surface area contributed by atoms with Gasteiger partial charge in [-0.2, -0.15) is 0 Å². The standard InChI is InChI=1S/C15H12F2O/c16-14(17)10-11-5-4-8-13(9-11)15(18)12-6-2-1-3-7-12/h1-9,14H,10H2. The highest BCUT2D eigenvalue weighted by atomic mass is 19.3. The Morgan fingerprint density at radius 2 is 1.61 bits per heavy atom. The molecule has 2 rings (SSSR count). The van der Waals surface area contributed by atoms with Crippen LogP contribution in [0.15, 0.2) is 54.6 Å². The highest BCUT2D eigenvalue weighted by molar-refractivity contribution is 6.09. The van der Waals surface area contributed by atoms with Crippen LogP contribution in [0.3, 0.4) is 0 Å². The molecule has 2 aromatic carbocycles. The lowest BCUT2D eigenvalue weighted by atomic mass is 10.0. The topological polar surface area (TPSA) is 17.1 Å². The second-order valence-electron chi connectivity index (χ2n) is 3.99. The summed E-state index contributed by atoms with van der Waals surface area (Å²) in [6.45, 7) is 0. The van der Waals surface area contributed by atoms with Crippen molar-refractivity contribution in [2.75, 3.05) is 0 Å². The van der Waals surface area contributed by atoms with Gasteiger partial charge in [-0.3, -0.25) is 4.79 Å². The second-order valence-corrected chi connectivity index (χ2v) is 3.99. The third-order valence-corrected chi connectivity index (χ3v) is 2.62. The largest absolute Gasteiger partial charge is 0.289 e. The zero-order valence-electron chi connectivity index (χ0n) is 9.64. The minimum absolute atomic E-state index is 0.147. The molecule has 0 fully saturated rings. The molecular formula is C15H12F2O. The van der Waals surface area contributed by atoms with Crippen LogP contribution in [-0.2, 0) is 6.42 Å². The van der Waals surface area contributed by atoms with Gasteiger partial charge in [0.25, 0.3) is 0 Å². The molecule has 0 bridgehead atoms. The van der Waals surface area contributed by atoms with Crippen LogP contribution in [0.2, 0.25) is 0 Å². The summed E-state index contributed by atoms with van der Waals surface area (Å²) in [5, 5.41) is 0. The molecule has 0 amide bonds. The molecule has 0 N–H and O–H groups in total. The predicted molar refractivity (Wildman–Crippen MR) is 66.0 cm³/mol. The summed E-state index contributed by atoms with van der Waals surface area (Å²) in [7, 11) is 0. The van der Waals surface area contributed by atoms with Crippen molar-refractivity contribution >= 4 is 5.78 Å². The van der Waals surface area contributed by atoms with Gasteiger partial charge >= 0.3 is 0 Å². The fourth-order valence-corrected chi connectivity index (χ4v) is 1.77. The summed E-state index contributed by atoms with van der Waals surface area (Å²) in [5.41, 5.74) is 1.48. The van der Waals surface area contributed by atoms with Crippen LogP contribution in [-0.4, -0.2) is 12.2 Å². The Labute approximate surface area is 104 Å². The Bertz CT molecular complexity index is 535. The van der Waals surface area contributed by atoms with Crippen LogP contribution >= 0.6 is 0 Å². The Kier molecular flexibility index (Phi) is 3.82. The van der Waals surface area contributed by atoms with E-state index in [4.69, 9.17) is 0 Å². The fourth-order valence-electron chi connectivity index (χ4n) is 1.77. The van der Waals surface area contributed by atoms with Gasteiger partial charge in [0.05, 0.1) is 0 Å². The Morgan fingerprint density at radius 1 is 0.944 bits per heavy atom. The number of ketones is 1. The highest BCUT2D eigenvalue weighted by Gasteiger charge is 2.10. The molecule has 2 aromatic rings. The normalized spacial score (nSPS) is 10.6.